The van der Waals surface area contributed by atoms with Crippen molar-refractivity contribution in [3.05, 3.63) is 18.0 Å². The minimum atomic E-state index is 0.0544. The summed E-state index contributed by atoms with van der Waals surface area (Å²) in [6, 6.07) is 2.34. The standard InChI is InChI=1S/C14H25N3O/c1-5-12(4)17-8-7-13(16-17)9-14(18)11(3)10-15-6-2/h7-8,11-12,15H,5-6,9-10H2,1-4H3. The molecule has 1 heterocycles. The highest BCUT2D eigenvalue weighted by Crippen LogP contribution is 2.10. The van der Waals surface area contributed by atoms with Gasteiger partial charge in [0.15, 0.2) is 0 Å². The minimum absolute atomic E-state index is 0.0544. The SMILES string of the molecule is CCNCC(C)C(=O)Cc1ccn(C(C)CC)n1. The molecule has 0 aliphatic rings. The smallest absolute Gasteiger partial charge is 0.142 e. The molecule has 102 valence electrons. The lowest BCUT2D eigenvalue weighted by atomic mass is 10.0. The van der Waals surface area contributed by atoms with Gasteiger partial charge in [0.2, 0.25) is 0 Å². The van der Waals surface area contributed by atoms with Gasteiger partial charge in [0, 0.05) is 24.7 Å². The van der Waals surface area contributed by atoms with E-state index in [-0.39, 0.29) is 11.7 Å². The average Bonchev–Trinajstić information content (AvgIpc) is 2.83. The van der Waals surface area contributed by atoms with E-state index in [0.29, 0.717) is 12.5 Å². The Kier molecular flexibility index (Phi) is 6.05. The summed E-state index contributed by atoms with van der Waals surface area (Å²) < 4.78 is 1.94. The maximum atomic E-state index is 12.0. The fourth-order valence-electron chi connectivity index (χ4n) is 1.73. The molecule has 0 saturated heterocycles. The van der Waals surface area contributed by atoms with E-state index in [4.69, 9.17) is 0 Å². The summed E-state index contributed by atoms with van der Waals surface area (Å²) in [5.41, 5.74) is 0.878. The number of hydrogen-bond acceptors (Lipinski definition) is 3. The third-order valence-electron chi connectivity index (χ3n) is 3.31. The Balaban J connectivity index is 2.51. The van der Waals surface area contributed by atoms with Crippen LogP contribution in [0.2, 0.25) is 0 Å². The van der Waals surface area contributed by atoms with Crippen molar-refractivity contribution in [3.63, 3.8) is 0 Å². The zero-order chi connectivity index (χ0) is 13.5. The molecule has 4 nitrogen and oxygen atoms in total. The van der Waals surface area contributed by atoms with Gasteiger partial charge in [-0.3, -0.25) is 9.48 Å². The molecule has 2 atom stereocenters. The van der Waals surface area contributed by atoms with Gasteiger partial charge in [0.05, 0.1) is 12.1 Å². The lowest BCUT2D eigenvalue weighted by molar-refractivity contribution is -0.121. The topological polar surface area (TPSA) is 46.9 Å². The van der Waals surface area contributed by atoms with Gasteiger partial charge in [0.25, 0.3) is 0 Å². The Morgan fingerprint density at radius 2 is 2.17 bits per heavy atom. The van der Waals surface area contributed by atoms with Gasteiger partial charge in [-0.15, -0.1) is 0 Å². The van der Waals surface area contributed by atoms with Crippen LogP contribution in [-0.4, -0.2) is 28.7 Å². The maximum absolute atomic E-state index is 12.0. The lowest BCUT2D eigenvalue weighted by Gasteiger charge is -2.10. The van der Waals surface area contributed by atoms with Crippen molar-refractivity contribution in [2.75, 3.05) is 13.1 Å². The van der Waals surface area contributed by atoms with Gasteiger partial charge in [0.1, 0.15) is 5.78 Å². The highest BCUT2D eigenvalue weighted by atomic mass is 16.1. The van der Waals surface area contributed by atoms with E-state index in [1.165, 1.54) is 0 Å². The van der Waals surface area contributed by atoms with E-state index in [2.05, 4.69) is 24.3 Å². The summed E-state index contributed by atoms with van der Waals surface area (Å²) >= 11 is 0. The Morgan fingerprint density at radius 1 is 1.44 bits per heavy atom. The lowest BCUT2D eigenvalue weighted by Crippen LogP contribution is -2.27. The molecule has 2 unspecified atom stereocenters. The van der Waals surface area contributed by atoms with E-state index < -0.39 is 0 Å². The van der Waals surface area contributed by atoms with Crippen molar-refractivity contribution in [3.8, 4) is 0 Å². The molecular weight excluding hydrogens is 226 g/mol. The van der Waals surface area contributed by atoms with Gasteiger partial charge in [-0.05, 0) is 26.0 Å². The second-order valence-electron chi connectivity index (χ2n) is 4.90. The second kappa shape index (κ2) is 7.31. The molecule has 18 heavy (non-hydrogen) atoms. The molecule has 0 amide bonds. The van der Waals surface area contributed by atoms with E-state index in [1.807, 2.05) is 30.8 Å². The molecule has 0 aromatic carbocycles. The zero-order valence-electron chi connectivity index (χ0n) is 11.9. The van der Waals surface area contributed by atoms with Crippen molar-refractivity contribution in [1.29, 1.82) is 0 Å². The number of nitrogens with one attached hydrogen (secondary N) is 1. The van der Waals surface area contributed by atoms with Crippen LogP contribution in [0.25, 0.3) is 0 Å². The molecule has 0 bridgehead atoms. The van der Waals surface area contributed by atoms with Gasteiger partial charge in [-0.1, -0.05) is 20.8 Å². The Bertz CT molecular complexity index is 373. The molecule has 0 saturated carbocycles. The summed E-state index contributed by atoms with van der Waals surface area (Å²) in [7, 11) is 0. The first-order valence-electron chi connectivity index (χ1n) is 6.85. The number of Topliss-reactive ketones (excluding diaryl/α,β-unsaturated/α-hetero) is 1. The van der Waals surface area contributed by atoms with E-state index in [9.17, 15) is 4.79 Å². The maximum Gasteiger partial charge on any atom is 0.142 e. The molecule has 1 rings (SSSR count). The number of carbonyl (C=O) groups excluding carboxylic acids is 1. The monoisotopic (exact) mass is 251 g/mol. The number of carbonyl (C=O) groups is 1. The molecule has 0 radical (unpaired) electrons. The van der Waals surface area contributed by atoms with Crippen LogP contribution in [-0.2, 0) is 11.2 Å². The summed E-state index contributed by atoms with van der Waals surface area (Å²) in [5, 5.41) is 7.66. The van der Waals surface area contributed by atoms with Crippen LogP contribution in [0.1, 0.15) is 45.9 Å². The molecule has 1 aromatic rings. The Morgan fingerprint density at radius 3 is 2.78 bits per heavy atom. The van der Waals surface area contributed by atoms with Crippen LogP contribution in [0, 0.1) is 5.92 Å². The number of rotatable bonds is 8. The molecule has 0 aliphatic carbocycles. The van der Waals surface area contributed by atoms with Crippen molar-refractivity contribution >= 4 is 5.78 Å². The first-order valence-corrected chi connectivity index (χ1v) is 6.85. The quantitative estimate of drug-likeness (QED) is 0.770. The van der Waals surface area contributed by atoms with Gasteiger partial charge >= 0.3 is 0 Å². The van der Waals surface area contributed by atoms with Crippen molar-refractivity contribution in [2.24, 2.45) is 5.92 Å². The minimum Gasteiger partial charge on any atom is -0.316 e. The van der Waals surface area contributed by atoms with Gasteiger partial charge in [-0.25, -0.2) is 0 Å². The average molecular weight is 251 g/mol. The van der Waals surface area contributed by atoms with Gasteiger partial charge < -0.3 is 5.32 Å². The Labute approximate surface area is 110 Å². The summed E-state index contributed by atoms with van der Waals surface area (Å²) in [6.45, 7) is 9.94. The van der Waals surface area contributed by atoms with Gasteiger partial charge in [-0.2, -0.15) is 5.10 Å². The van der Waals surface area contributed by atoms with Crippen LogP contribution < -0.4 is 5.32 Å². The van der Waals surface area contributed by atoms with Crippen LogP contribution >= 0.6 is 0 Å². The fraction of sp³-hybridized carbons (Fsp3) is 0.714. The fourth-order valence-corrected chi connectivity index (χ4v) is 1.73. The van der Waals surface area contributed by atoms with E-state index in [1.54, 1.807) is 0 Å². The summed E-state index contributed by atoms with van der Waals surface area (Å²) in [5.74, 6) is 0.309. The molecule has 1 aromatic heterocycles. The largest absolute Gasteiger partial charge is 0.316 e. The zero-order valence-corrected chi connectivity index (χ0v) is 11.9. The number of hydrogen-bond donors (Lipinski definition) is 1. The van der Waals surface area contributed by atoms with E-state index in [0.717, 1.165) is 25.2 Å². The molecule has 4 heteroatoms. The number of ketones is 1. The number of nitrogens with zero attached hydrogens (tertiary/aromatic N) is 2. The normalized spacial score (nSPS) is 14.4. The molecule has 0 aliphatic heterocycles. The second-order valence-corrected chi connectivity index (χ2v) is 4.90. The summed E-state index contributed by atoms with van der Waals surface area (Å²) in [6.07, 6.45) is 3.45. The van der Waals surface area contributed by atoms with Crippen molar-refractivity contribution in [2.45, 2.75) is 46.6 Å². The van der Waals surface area contributed by atoms with E-state index >= 15 is 0 Å². The third-order valence-corrected chi connectivity index (χ3v) is 3.31. The summed E-state index contributed by atoms with van der Waals surface area (Å²) in [4.78, 5) is 12.0. The van der Waals surface area contributed by atoms with Crippen LogP contribution in [0.5, 0.6) is 0 Å². The predicted octanol–water partition coefficient (Wildman–Crippen LogP) is 2.21. The first-order chi connectivity index (χ1) is 8.58. The predicted molar refractivity (Wildman–Crippen MR) is 73.6 cm³/mol. The highest BCUT2D eigenvalue weighted by molar-refractivity contribution is 5.82. The molecule has 1 N–H and O–H groups in total. The number of aromatic nitrogens is 2. The van der Waals surface area contributed by atoms with Crippen molar-refractivity contribution < 1.29 is 4.79 Å². The highest BCUT2D eigenvalue weighted by Gasteiger charge is 2.14. The van der Waals surface area contributed by atoms with Crippen LogP contribution in [0.15, 0.2) is 12.3 Å². The molecular formula is C14H25N3O. The van der Waals surface area contributed by atoms with Crippen LogP contribution in [0.3, 0.4) is 0 Å². The molecule has 0 fully saturated rings. The van der Waals surface area contributed by atoms with Crippen LogP contribution in [0.4, 0.5) is 0 Å². The van der Waals surface area contributed by atoms with Crippen molar-refractivity contribution in [1.82, 2.24) is 15.1 Å². The first kappa shape index (κ1) is 14.9. The Hall–Kier alpha value is -1.16. The molecule has 0 spiro atoms. The third kappa shape index (κ3) is 4.26.